The lowest BCUT2D eigenvalue weighted by Crippen LogP contribution is -2.30. The molecule has 4 rings (SSSR count). The average Bonchev–Trinajstić information content (AvgIpc) is 3.09. The fourth-order valence-electron chi connectivity index (χ4n) is 3.96. The predicted molar refractivity (Wildman–Crippen MR) is 121 cm³/mol. The van der Waals surface area contributed by atoms with Gasteiger partial charge in [-0.15, -0.1) is 0 Å². The summed E-state index contributed by atoms with van der Waals surface area (Å²) in [4.78, 5) is 25.4. The molecule has 5 heteroatoms. The van der Waals surface area contributed by atoms with Crippen LogP contribution in [0.15, 0.2) is 78.9 Å². The Balaban J connectivity index is 1.49. The van der Waals surface area contributed by atoms with E-state index in [1.54, 1.807) is 45.0 Å². The highest BCUT2D eigenvalue weighted by Crippen LogP contribution is 2.44. The molecule has 32 heavy (non-hydrogen) atoms. The number of fused-ring (bicyclic) bond motifs is 3. The Bertz CT molecular complexity index is 1070. The van der Waals surface area contributed by atoms with Crippen molar-refractivity contribution in [3.63, 3.8) is 0 Å². The standard InChI is InChI=1S/C27H26O5/c1-27(2,3)32-25(28)24(18-11-5-4-6-12-18)31-26(29)30-17-23-21-15-9-7-13-19(21)20-14-8-10-16-22(20)23/h4-16,23-24H,17H2,1-3H3. The maximum atomic E-state index is 12.7. The molecule has 0 radical (unpaired) electrons. The van der Waals surface area contributed by atoms with E-state index in [9.17, 15) is 9.59 Å². The molecule has 0 amide bonds. The largest absolute Gasteiger partial charge is 0.509 e. The monoisotopic (exact) mass is 430 g/mol. The Morgan fingerprint density at radius 1 is 0.812 bits per heavy atom. The van der Waals surface area contributed by atoms with Crippen molar-refractivity contribution in [1.82, 2.24) is 0 Å². The fourth-order valence-corrected chi connectivity index (χ4v) is 3.96. The van der Waals surface area contributed by atoms with Crippen molar-refractivity contribution < 1.29 is 23.8 Å². The van der Waals surface area contributed by atoms with E-state index >= 15 is 0 Å². The van der Waals surface area contributed by atoms with Crippen LogP contribution in [0.3, 0.4) is 0 Å². The lowest BCUT2D eigenvalue weighted by atomic mass is 9.98. The Morgan fingerprint density at radius 2 is 1.34 bits per heavy atom. The molecular formula is C27H26O5. The van der Waals surface area contributed by atoms with E-state index in [-0.39, 0.29) is 12.5 Å². The molecule has 0 fully saturated rings. The van der Waals surface area contributed by atoms with Gasteiger partial charge in [-0.05, 0) is 43.0 Å². The Hall–Kier alpha value is -3.60. The van der Waals surface area contributed by atoms with Crippen LogP contribution in [0.25, 0.3) is 11.1 Å². The average molecular weight is 431 g/mol. The van der Waals surface area contributed by atoms with Gasteiger partial charge in [-0.1, -0.05) is 78.9 Å². The zero-order valence-electron chi connectivity index (χ0n) is 18.4. The molecular weight excluding hydrogens is 404 g/mol. The first-order valence-corrected chi connectivity index (χ1v) is 10.6. The molecule has 0 saturated carbocycles. The number of esters is 1. The third kappa shape index (κ3) is 4.67. The van der Waals surface area contributed by atoms with Crippen molar-refractivity contribution in [2.24, 2.45) is 0 Å². The van der Waals surface area contributed by atoms with E-state index in [1.165, 1.54) is 0 Å². The Labute approximate surface area is 187 Å². The van der Waals surface area contributed by atoms with E-state index in [4.69, 9.17) is 14.2 Å². The van der Waals surface area contributed by atoms with Gasteiger partial charge in [-0.25, -0.2) is 9.59 Å². The quantitative estimate of drug-likeness (QED) is 0.462. The molecule has 0 bridgehead atoms. The van der Waals surface area contributed by atoms with Crippen LogP contribution in [0.2, 0.25) is 0 Å². The highest BCUT2D eigenvalue weighted by atomic mass is 16.7. The van der Waals surface area contributed by atoms with Gasteiger partial charge in [0.15, 0.2) is 0 Å². The van der Waals surface area contributed by atoms with Crippen LogP contribution in [0.5, 0.6) is 0 Å². The van der Waals surface area contributed by atoms with E-state index in [0.29, 0.717) is 5.56 Å². The van der Waals surface area contributed by atoms with E-state index in [2.05, 4.69) is 12.1 Å². The summed E-state index contributed by atoms with van der Waals surface area (Å²) in [7, 11) is 0. The molecule has 0 N–H and O–H groups in total. The van der Waals surface area contributed by atoms with Crippen LogP contribution in [0, 0.1) is 0 Å². The van der Waals surface area contributed by atoms with Gasteiger partial charge in [0.2, 0.25) is 6.10 Å². The molecule has 3 aromatic carbocycles. The van der Waals surface area contributed by atoms with Crippen molar-refractivity contribution in [2.75, 3.05) is 6.61 Å². The lowest BCUT2D eigenvalue weighted by Gasteiger charge is -2.24. The topological polar surface area (TPSA) is 61.8 Å². The predicted octanol–water partition coefficient (Wildman–Crippen LogP) is 6.04. The van der Waals surface area contributed by atoms with Gasteiger partial charge >= 0.3 is 12.1 Å². The third-order valence-electron chi connectivity index (χ3n) is 5.27. The Kier molecular flexibility index (Phi) is 5.99. The second-order valence-electron chi connectivity index (χ2n) is 8.73. The minimum atomic E-state index is -1.20. The van der Waals surface area contributed by atoms with Gasteiger partial charge in [0.05, 0.1) is 0 Å². The highest BCUT2D eigenvalue weighted by molar-refractivity contribution is 5.80. The fraction of sp³-hybridized carbons (Fsp3) is 0.259. The lowest BCUT2D eigenvalue weighted by molar-refractivity contribution is -0.167. The molecule has 0 aromatic heterocycles. The summed E-state index contributed by atoms with van der Waals surface area (Å²) in [5.74, 6) is -0.733. The van der Waals surface area contributed by atoms with Gasteiger partial charge in [-0.3, -0.25) is 0 Å². The van der Waals surface area contributed by atoms with Crippen molar-refractivity contribution in [3.05, 3.63) is 95.6 Å². The molecule has 0 aliphatic heterocycles. The van der Waals surface area contributed by atoms with Crippen molar-refractivity contribution in [2.45, 2.75) is 38.4 Å². The summed E-state index contributed by atoms with van der Waals surface area (Å²) in [6.07, 6.45) is -2.11. The molecule has 1 aliphatic carbocycles. The molecule has 0 saturated heterocycles. The number of hydrogen-bond donors (Lipinski definition) is 0. The Morgan fingerprint density at radius 3 is 1.91 bits per heavy atom. The molecule has 1 atom stereocenters. The minimum absolute atomic E-state index is 0.0911. The number of rotatable bonds is 5. The number of ether oxygens (including phenoxy) is 3. The SMILES string of the molecule is CC(C)(C)OC(=O)C(OC(=O)OCC1c2ccccc2-c2ccccc21)c1ccccc1. The number of carbonyl (C=O) groups is 2. The first-order valence-electron chi connectivity index (χ1n) is 10.6. The molecule has 1 unspecified atom stereocenters. The minimum Gasteiger partial charge on any atom is -0.457 e. The van der Waals surface area contributed by atoms with Gasteiger partial charge in [0.25, 0.3) is 0 Å². The van der Waals surface area contributed by atoms with E-state index in [0.717, 1.165) is 22.3 Å². The van der Waals surface area contributed by atoms with Gasteiger partial charge in [-0.2, -0.15) is 0 Å². The molecule has 3 aromatic rings. The molecule has 164 valence electrons. The van der Waals surface area contributed by atoms with Crippen LogP contribution < -0.4 is 0 Å². The van der Waals surface area contributed by atoms with Crippen molar-refractivity contribution >= 4 is 12.1 Å². The van der Waals surface area contributed by atoms with Gasteiger partial charge in [0.1, 0.15) is 12.2 Å². The van der Waals surface area contributed by atoms with Crippen LogP contribution >= 0.6 is 0 Å². The van der Waals surface area contributed by atoms with E-state index < -0.39 is 23.8 Å². The summed E-state index contributed by atoms with van der Waals surface area (Å²) in [5, 5.41) is 0. The highest BCUT2D eigenvalue weighted by Gasteiger charge is 2.32. The van der Waals surface area contributed by atoms with Crippen LogP contribution in [-0.4, -0.2) is 24.3 Å². The maximum Gasteiger partial charge on any atom is 0.509 e. The summed E-state index contributed by atoms with van der Waals surface area (Å²) in [6.45, 7) is 5.41. The number of benzene rings is 3. The molecule has 0 spiro atoms. The summed E-state index contributed by atoms with van der Waals surface area (Å²) in [5.41, 5.74) is 4.30. The smallest absolute Gasteiger partial charge is 0.457 e. The van der Waals surface area contributed by atoms with Crippen molar-refractivity contribution in [1.29, 1.82) is 0 Å². The third-order valence-corrected chi connectivity index (χ3v) is 5.27. The zero-order valence-corrected chi connectivity index (χ0v) is 18.4. The normalized spacial score (nSPS) is 13.6. The van der Waals surface area contributed by atoms with Crippen LogP contribution in [0.1, 0.15) is 49.5 Å². The maximum absolute atomic E-state index is 12.7. The first-order chi connectivity index (χ1) is 15.3. The second kappa shape index (κ2) is 8.87. The first kappa shape index (κ1) is 21.6. The molecule has 5 nitrogen and oxygen atoms in total. The zero-order chi connectivity index (χ0) is 22.7. The van der Waals surface area contributed by atoms with Gasteiger partial charge in [0, 0.05) is 11.5 Å². The second-order valence-corrected chi connectivity index (χ2v) is 8.73. The van der Waals surface area contributed by atoms with Crippen LogP contribution in [0.4, 0.5) is 4.79 Å². The summed E-state index contributed by atoms with van der Waals surface area (Å²) in [6, 6.07) is 25.0. The number of hydrogen-bond acceptors (Lipinski definition) is 5. The van der Waals surface area contributed by atoms with Gasteiger partial charge < -0.3 is 14.2 Å². The summed E-state index contributed by atoms with van der Waals surface area (Å²) >= 11 is 0. The van der Waals surface area contributed by atoms with Crippen LogP contribution in [-0.2, 0) is 19.0 Å². The van der Waals surface area contributed by atoms with E-state index in [1.807, 2.05) is 42.5 Å². The molecule has 1 aliphatic rings. The molecule has 0 heterocycles. The van der Waals surface area contributed by atoms with Crippen molar-refractivity contribution in [3.8, 4) is 11.1 Å². The summed E-state index contributed by atoms with van der Waals surface area (Å²) < 4.78 is 16.4. The number of carbonyl (C=O) groups excluding carboxylic acids is 2.